The van der Waals surface area contributed by atoms with E-state index in [4.69, 9.17) is 18.4 Å². The Morgan fingerprint density at radius 3 is 1.12 bits per heavy atom. The van der Waals surface area contributed by atoms with E-state index in [0.29, 0.717) is 0 Å². The summed E-state index contributed by atoms with van der Waals surface area (Å²) in [5.41, 5.74) is 0. The van der Waals surface area contributed by atoms with Gasteiger partial charge in [-0.2, -0.15) is 0 Å². The van der Waals surface area contributed by atoms with Gasteiger partial charge in [-0.1, -0.05) is 13.8 Å². The third-order valence-electron chi connectivity index (χ3n) is 2.28. The minimum absolute atomic E-state index is 0.706. The normalized spacial score (nSPS) is 20.2. The molecule has 0 nitrogen and oxygen atoms in total. The average Bonchev–Trinajstić information content (AvgIpc) is 3.04. The van der Waals surface area contributed by atoms with E-state index in [0.717, 1.165) is 12.8 Å². The van der Waals surface area contributed by atoms with Gasteiger partial charge in [0, 0.05) is 0 Å². The summed E-state index contributed by atoms with van der Waals surface area (Å²) >= 11 is -0.706. The van der Waals surface area contributed by atoms with Crippen LogP contribution < -0.4 is 0 Å². The first-order valence-electron chi connectivity index (χ1n) is 5.61. The van der Waals surface area contributed by atoms with Crippen LogP contribution in [0.3, 0.4) is 0 Å². The zero-order valence-corrected chi connectivity index (χ0v) is 13.9. The van der Waals surface area contributed by atoms with Crippen molar-refractivity contribution in [2.45, 2.75) is 26.7 Å². The summed E-state index contributed by atoms with van der Waals surface area (Å²) in [7, 11) is 9.83. The summed E-state index contributed by atoms with van der Waals surface area (Å²) in [6.45, 7) is 4.32. The van der Waals surface area contributed by atoms with E-state index in [-0.39, 0.29) is 0 Å². The number of hydrogen-bond donors (Lipinski definition) is 0. The molecule has 3 heteroatoms. The summed E-state index contributed by atoms with van der Waals surface area (Å²) in [4.78, 5) is 0. The van der Waals surface area contributed by atoms with Gasteiger partial charge in [0.05, 0.1) is 0 Å². The first-order chi connectivity index (χ1) is 8.28. The van der Waals surface area contributed by atoms with Gasteiger partial charge in [-0.15, -0.1) is 0 Å². The third-order valence-corrected chi connectivity index (χ3v) is 2.28. The van der Waals surface area contributed by atoms with Crippen molar-refractivity contribution in [3.63, 3.8) is 0 Å². The molecule has 0 atom stereocenters. The monoisotopic (exact) mass is 349 g/mol. The first kappa shape index (κ1) is 18.3. The van der Waals surface area contributed by atoms with Crippen LogP contribution >= 0.6 is 18.4 Å². The Bertz CT molecular complexity index is 125. The molecule has 2 rings (SSSR count). The van der Waals surface area contributed by atoms with Gasteiger partial charge in [-0.3, -0.25) is 0 Å². The van der Waals surface area contributed by atoms with Crippen molar-refractivity contribution in [2.75, 3.05) is 0 Å². The van der Waals surface area contributed by atoms with Crippen molar-refractivity contribution in [1.82, 2.24) is 0 Å². The van der Waals surface area contributed by atoms with Crippen LogP contribution in [-0.2, 0) is 17.6 Å². The predicted molar refractivity (Wildman–Crippen MR) is 73.2 cm³/mol. The molecular weight excluding hydrogens is 332 g/mol. The number of halogens is 2. The second kappa shape index (κ2) is 13.7. The Labute approximate surface area is 125 Å². The van der Waals surface area contributed by atoms with E-state index < -0.39 is 17.6 Å². The van der Waals surface area contributed by atoms with Gasteiger partial charge < -0.3 is 0 Å². The van der Waals surface area contributed by atoms with Crippen LogP contribution in [0.5, 0.6) is 0 Å². The molecule has 0 unspecified atom stereocenters. The SMILES string of the molecule is CC[C]1[CH][CH][CH][CH]1.CC[C]1[CH][CH][CH][CH]1.[Cl][Nb][Cl]. The molecule has 0 aromatic heterocycles. The van der Waals surface area contributed by atoms with Crippen LogP contribution in [0.2, 0.25) is 0 Å². The summed E-state index contributed by atoms with van der Waals surface area (Å²) in [5.74, 6) is 2.86. The van der Waals surface area contributed by atoms with Gasteiger partial charge in [0.2, 0.25) is 0 Å². The van der Waals surface area contributed by atoms with E-state index in [9.17, 15) is 0 Å². The van der Waals surface area contributed by atoms with E-state index in [1.54, 1.807) is 0 Å². The second-order valence-corrected chi connectivity index (χ2v) is 6.70. The van der Waals surface area contributed by atoms with Crippen LogP contribution in [0.15, 0.2) is 0 Å². The quantitative estimate of drug-likeness (QED) is 0.617. The fourth-order valence-electron chi connectivity index (χ4n) is 1.30. The number of rotatable bonds is 2. The molecule has 2 aliphatic carbocycles. The van der Waals surface area contributed by atoms with E-state index in [1.807, 2.05) is 0 Å². The standard InChI is InChI=1S/2C7H9.2ClH.Nb/c2*1-2-7-5-3-4-6-7;;;/h2*3-6H,2H2,1H3;2*1H;/q;;;;+2/p-2. The van der Waals surface area contributed by atoms with Crippen LogP contribution in [-0.4, -0.2) is 0 Å². The zero-order valence-electron chi connectivity index (χ0n) is 10.2. The Morgan fingerprint density at radius 2 is 1.00 bits per heavy atom. The summed E-state index contributed by atoms with van der Waals surface area (Å²) in [6, 6.07) is 0. The third kappa shape index (κ3) is 10.9. The molecule has 0 bridgehead atoms. The molecule has 2 aliphatic rings. The molecule has 2 fully saturated rings. The molecule has 0 aliphatic heterocycles. The molecule has 0 aromatic carbocycles. The zero-order chi connectivity index (χ0) is 12.9. The Balaban J connectivity index is 0.000000247. The average molecular weight is 350 g/mol. The van der Waals surface area contributed by atoms with Crippen molar-refractivity contribution in [2.24, 2.45) is 0 Å². The van der Waals surface area contributed by atoms with E-state index >= 15 is 0 Å². The summed E-state index contributed by atoms with van der Waals surface area (Å²) < 4.78 is 0. The minimum atomic E-state index is -0.706. The van der Waals surface area contributed by atoms with Crippen LogP contribution in [0.25, 0.3) is 0 Å². The van der Waals surface area contributed by atoms with Gasteiger partial charge >= 0.3 is 36.0 Å². The fraction of sp³-hybridized carbons (Fsp3) is 0.286. The van der Waals surface area contributed by atoms with Crippen molar-refractivity contribution >= 4 is 18.4 Å². The Morgan fingerprint density at radius 1 is 0.765 bits per heavy atom. The van der Waals surface area contributed by atoms with E-state index in [2.05, 4.69) is 65.2 Å². The molecule has 0 aromatic rings. The predicted octanol–water partition coefficient (Wildman–Crippen LogP) is 4.98. The van der Waals surface area contributed by atoms with Crippen molar-refractivity contribution in [1.29, 1.82) is 0 Å². The topological polar surface area (TPSA) is 0 Å². The van der Waals surface area contributed by atoms with Gasteiger partial charge in [0.15, 0.2) is 0 Å². The second-order valence-electron chi connectivity index (χ2n) is 3.36. The maximum atomic E-state index is 4.91. The maximum absolute atomic E-state index is 4.91. The van der Waals surface area contributed by atoms with Crippen LogP contribution in [0, 0.1) is 63.2 Å². The van der Waals surface area contributed by atoms with Gasteiger partial charge in [-0.05, 0) is 76.0 Å². The first-order valence-corrected chi connectivity index (χ1v) is 11.3. The van der Waals surface area contributed by atoms with Gasteiger partial charge in [0.1, 0.15) is 0 Å². The fourth-order valence-corrected chi connectivity index (χ4v) is 1.30. The Hall–Kier alpha value is 1.32. The molecule has 2 saturated carbocycles. The summed E-state index contributed by atoms with van der Waals surface area (Å²) in [6.07, 6.45) is 19.1. The molecule has 0 amide bonds. The Kier molecular flexibility index (Phi) is 14.8. The van der Waals surface area contributed by atoms with Gasteiger partial charge in [-0.25, -0.2) is 0 Å². The molecule has 0 N–H and O–H groups in total. The molecule has 0 spiro atoms. The van der Waals surface area contributed by atoms with E-state index in [1.165, 1.54) is 11.8 Å². The van der Waals surface area contributed by atoms with Crippen LogP contribution in [0.1, 0.15) is 26.7 Å². The van der Waals surface area contributed by atoms with Crippen molar-refractivity contribution in [3.8, 4) is 0 Å². The molecular formula is C14H18Cl2Nb. The van der Waals surface area contributed by atoms with Gasteiger partial charge in [0.25, 0.3) is 0 Å². The van der Waals surface area contributed by atoms with Crippen LogP contribution in [0.4, 0.5) is 0 Å². The summed E-state index contributed by atoms with van der Waals surface area (Å²) in [5, 5.41) is 0. The molecule has 10 radical (unpaired) electrons. The van der Waals surface area contributed by atoms with Crippen molar-refractivity contribution in [3.05, 3.63) is 63.2 Å². The molecule has 93 valence electrons. The van der Waals surface area contributed by atoms with Crippen molar-refractivity contribution < 1.29 is 17.6 Å². The molecule has 0 saturated heterocycles. The molecule has 17 heavy (non-hydrogen) atoms. The molecule has 0 heterocycles. The number of hydrogen-bond acceptors (Lipinski definition) is 0.